The third-order valence-corrected chi connectivity index (χ3v) is 4.70. The van der Waals surface area contributed by atoms with Crippen LogP contribution >= 0.6 is 0 Å². The van der Waals surface area contributed by atoms with E-state index < -0.39 is 21.8 Å². The van der Waals surface area contributed by atoms with Crippen molar-refractivity contribution in [2.45, 2.75) is 18.5 Å². The van der Waals surface area contributed by atoms with Crippen LogP contribution in [-0.2, 0) is 14.6 Å². The molecule has 94 valence electrons. The maximum absolute atomic E-state index is 11.3. The number of hydrogen-bond acceptors (Lipinski definition) is 5. The summed E-state index contributed by atoms with van der Waals surface area (Å²) < 4.78 is 22.6. The summed E-state index contributed by atoms with van der Waals surface area (Å²) in [7, 11) is 0.431. The largest absolute Gasteiger partial charge is 0.480 e. The molecule has 2 N–H and O–H groups in total. The van der Waals surface area contributed by atoms with Gasteiger partial charge in [-0.3, -0.25) is 4.79 Å². The number of carboxylic acid groups (broad SMARTS) is 1. The van der Waals surface area contributed by atoms with Gasteiger partial charge in [-0.15, -0.1) is 0 Å². The smallest absolute Gasteiger partial charge is 0.322 e. The van der Waals surface area contributed by atoms with Gasteiger partial charge in [0.2, 0.25) is 0 Å². The Kier molecular flexibility index (Phi) is 4.28. The molecule has 1 rings (SSSR count). The summed E-state index contributed by atoms with van der Waals surface area (Å²) in [5.41, 5.74) is 0. The summed E-state index contributed by atoms with van der Waals surface area (Å²) in [6.45, 7) is 0.312. The van der Waals surface area contributed by atoms with E-state index in [1.165, 1.54) is 0 Å². The highest BCUT2D eigenvalue weighted by molar-refractivity contribution is 7.91. The van der Waals surface area contributed by atoms with E-state index in [1.807, 2.05) is 0 Å². The molecule has 0 radical (unpaired) electrons. The third-order valence-electron chi connectivity index (χ3n) is 2.95. The standard InChI is InChI=1S/C9H18N2O4S/c1-10-8(9(12)13)5-11(2)7-3-4-16(14,15)6-7/h7-8,10H,3-6H2,1-2H3,(H,12,13). The molecule has 0 aromatic carbocycles. The second-order valence-electron chi connectivity index (χ2n) is 4.18. The van der Waals surface area contributed by atoms with E-state index in [2.05, 4.69) is 5.32 Å². The Morgan fingerprint density at radius 1 is 1.62 bits per heavy atom. The Hall–Kier alpha value is -0.660. The molecule has 1 aliphatic rings. The van der Waals surface area contributed by atoms with Crippen LogP contribution in [0, 0.1) is 0 Å². The Labute approximate surface area is 95.5 Å². The van der Waals surface area contributed by atoms with Crippen LogP contribution in [0.5, 0.6) is 0 Å². The first-order chi connectivity index (χ1) is 7.35. The fraction of sp³-hybridized carbons (Fsp3) is 0.889. The van der Waals surface area contributed by atoms with E-state index in [1.54, 1.807) is 19.0 Å². The highest BCUT2D eigenvalue weighted by Gasteiger charge is 2.32. The zero-order valence-corrected chi connectivity index (χ0v) is 10.3. The van der Waals surface area contributed by atoms with Crippen LogP contribution in [0.15, 0.2) is 0 Å². The summed E-state index contributed by atoms with van der Waals surface area (Å²) in [5, 5.41) is 11.5. The van der Waals surface area contributed by atoms with Crippen LogP contribution in [0.1, 0.15) is 6.42 Å². The minimum Gasteiger partial charge on any atom is -0.480 e. The molecule has 0 amide bonds. The molecule has 0 aromatic heterocycles. The van der Waals surface area contributed by atoms with Gasteiger partial charge in [-0.2, -0.15) is 0 Å². The van der Waals surface area contributed by atoms with Gasteiger partial charge < -0.3 is 15.3 Å². The van der Waals surface area contributed by atoms with Crippen LogP contribution in [0.4, 0.5) is 0 Å². The zero-order valence-electron chi connectivity index (χ0n) is 9.51. The molecule has 6 nitrogen and oxygen atoms in total. The third kappa shape index (κ3) is 3.43. The number of aliphatic carboxylic acids is 1. The fourth-order valence-corrected chi connectivity index (χ4v) is 3.66. The van der Waals surface area contributed by atoms with Gasteiger partial charge >= 0.3 is 5.97 Å². The van der Waals surface area contributed by atoms with Crippen molar-refractivity contribution < 1.29 is 18.3 Å². The van der Waals surface area contributed by atoms with Gasteiger partial charge in [-0.05, 0) is 20.5 Å². The second kappa shape index (κ2) is 5.11. The molecule has 7 heteroatoms. The van der Waals surface area contributed by atoms with Crippen molar-refractivity contribution in [3.8, 4) is 0 Å². The van der Waals surface area contributed by atoms with Crippen molar-refractivity contribution in [3.05, 3.63) is 0 Å². The number of carboxylic acids is 1. The monoisotopic (exact) mass is 250 g/mol. The van der Waals surface area contributed by atoms with Crippen molar-refractivity contribution in [3.63, 3.8) is 0 Å². The molecule has 0 spiro atoms. The van der Waals surface area contributed by atoms with Gasteiger partial charge in [0.15, 0.2) is 9.84 Å². The highest BCUT2D eigenvalue weighted by Crippen LogP contribution is 2.16. The van der Waals surface area contributed by atoms with Crippen molar-refractivity contribution in [2.24, 2.45) is 0 Å². The van der Waals surface area contributed by atoms with E-state index in [0.29, 0.717) is 13.0 Å². The maximum Gasteiger partial charge on any atom is 0.322 e. The summed E-state index contributed by atoms with van der Waals surface area (Å²) in [6, 6.07) is -0.714. The first-order valence-electron chi connectivity index (χ1n) is 5.16. The second-order valence-corrected chi connectivity index (χ2v) is 6.40. The van der Waals surface area contributed by atoms with E-state index in [9.17, 15) is 13.2 Å². The van der Waals surface area contributed by atoms with Crippen LogP contribution < -0.4 is 5.32 Å². The first-order valence-corrected chi connectivity index (χ1v) is 6.98. The van der Waals surface area contributed by atoms with Crippen molar-refractivity contribution in [2.75, 3.05) is 32.1 Å². The van der Waals surface area contributed by atoms with Gasteiger partial charge in [0.1, 0.15) is 6.04 Å². The van der Waals surface area contributed by atoms with Gasteiger partial charge in [0, 0.05) is 12.6 Å². The van der Waals surface area contributed by atoms with E-state index >= 15 is 0 Å². The molecule has 16 heavy (non-hydrogen) atoms. The van der Waals surface area contributed by atoms with Crippen LogP contribution in [0.25, 0.3) is 0 Å². The predicted octanol–water partition coefficient (Wildman–Crippen LogP) is -1.22. The molecular formula is C9H18N2O4S. The van der Waals surface area contributed by atoms with Gasteiger partial charge in [0.05, 0.1) is 11.5 Å². The highest BCUT2D eigenvalue weighted by atomic mass is 32.2. The average Bonchev–Trinajstić information content (AvgIpc) is 2.54. The summed E-state index contributed by atoms with van der Waals surface area (Å²) in [6.07, 6.45) is 0.592. The van der Waals surface area contributed by atoms with Crippen molar-refractivity contribution >= 4 is 15.8 Å². The number of likely N-dealkylation sites (N-methyl/N-ethyl adjacent to an activating group) is 2. The summed E-state index contributed by atoms with van der Waals surface area (Å²) >= 11 is 0. The van der Waals surface area contributed by atoms with Gasteiger partial charge in [-0.1, -0.05) is 0 Å². The first kappa shape index (κ1) is 13.4. The molecule has 0 aliphatic carbocycles. The number of nitrogens with one attached hydrogen (secondary N) is 1. The minimum atomic E-state index is -2.91. The molecule has 1 heterocycles. The molecule has 0 aromatic rings. The van der Waals surface area contributed by atoms with E-state index in [0.717, 1.165) is 0 Å². The lowest BCUT2D eigenvalue weighted by Crippen LogP contribution is -2.46. The summed E-state index contributed by atoms with van der Waals surface area (Å²) in [4.78, 5) is 12.6. The fourth-order valence-electron chi connectivity index (χ4n) is 1.85. The Bertz CT molecular complexity index is 355. The molecular weight excluding hydrogens is 232 g/mol. The Balaban J connectivity index is 2.53. The number of hydrogen-bond donors (Lipinski definition) is 2. The molecule has 2 unspecified atom stereocenters. The maximum atomic E-state index is 11.3. The SMILES string of the molecule is CNC(CN(C)C1CCS(=O)(=O)C1)C(=O)O. The Morgan fingerprint density at radius 3 is 2.62 bits per heavy atom. The van der Waals surface area contributed by atoms with E-state index in [4.69, 9.17) is 5.11 Å². The van der Waals surface area contributed by atoms with Crippen molar-refractivity contribution in [1.82, 2.24) is 10.2 Å². The number of nitrogens with zero attached hydrogens (tertiary/aromatic N) is 1. The number of rotatable bonds is 5. The van der Waals surface area contributed by atoms with E-state index in [-0.39, 0.29) is 17.5 Å². The van der Waals surface area contributed by atoms with Crippen LogP contribution in [0.2, 0.25) is 0 Å². The van der Waals surface area contributed by atoms with Crippen molar-refractivity contribution in [1.29, 1.82) is 0 Å². The molecule has 1 saturated heterocycles. The van der Waals surface area contributed by atoms with Crippen LogP contribution in [-0.4, -0.2) is 68.6 Å². The number of carbonyl (C=O) groups is 1. The lowest BCUT2D eigenvalue weighted by atomic mass is 10.2. The number of sulfone groups is 1. The zero-order chi connectivity index (χ0) is 12.3. The lowest BCUT2D eigenvalue weighted by molar-refractivity contribution is -0.139. The summed E-state index contributed by atoms with van der Waals surface area (Å²) in [5.74, 6) is -0.575. The molecule has 1 aliphatic heterocycles. The molecule has 1 fully saturated rings. The Morgan fingerprint density at radius 2 is 2.25 bits per heavy atom. The minimum absolute atomic E-state index is 0.0554. The molecule has 0 bridgehead atoms. The predicted molar refractivity (Wildman–Crippen MR) is 60.2 cm³/mol. The average molecular weight is 250 g/mol. The van der Waals surface area contributed by atoms with Crippen LogP contribution in [0.3, 0.4) is 0 Å². The normalized spacial score (nSPS) is 25.8. The quantitative estimate of drug-likeness (QED) is 0.636. The van der Waals surface area contributed by atoms with Gasteiger partial charge in [-0.25, -0.2) is 8.42 Å². The molecule has 0 saturated carbocycles. The van der Waals surface area contributed by atoms with Gasteiger partial charge in [0.25, 0.3) is 0 Å². The molecule has 2 atom stereocenters. The topological polar surface area (TPSA) is 86.7 Å². The lowest BCUT2D eigenvalue weighted by Gasteiger charge is -2.25.